The van der Waals surface area contributed by atoms with E-state index in [2.05, 4.69) is 25.5 Å². The molecule has 2 aromatic heterocycles. The van der Waals surface area contributed by atoms with Crippen LogP contribution in [0.4, 0.5) is 10.2 Å². The van der Waals surface area contributed by atoms with Gasteiger partial charge in [-0.2, -0.15) is 4.68 Å². The Morgan fingerprint density at radius 1 is 1.20 bits per heavy atom. The number of nitrogens with zero attached hydrogens (tertiary/aromatic N) is 6. The summed E-state index contributed by atoms with van der Waals surface area (Å²) in [5.74, 6) is -0.271. The first-order valence-corrected chi connectivity index (χ1v) is 8.92. The van der Waals surface area contributed by atoms with Crippen LogP contribution in [0.3, 0.4) is 0 Å². The van der Waals surface area contributed by atoms with Crippen LogP contribution in [-0.4, -0.2) is 36.1 Å². The number of nitrogens with two attached hydrogens (primary N) is 1. The van der Waals surface area contributed by atoms with Crippen molar-refractivity contribution in [1.29, 1.82) is 0 Å². The molecule has 10 heteroatoms. The van der Waals surface area contributed by atoms with E-state index in [1.807, 2.05) is 12.1 Å². The van der Waals surface area contributed by atoms with Crippen molar-refractivity contribution in [2.24, 2.45) is 0 Å². The molecule has 2 aromatic carbocycles. The second-order valence-corrected chi connectivity index (χ2v) is 6.34. The molecule has 0 aliphatic heterocycles. The number of ether oxygens (including phenoxy) is 1. The van der Waals surface area contributed by atoms with Crippen LogP contribution in [0.1, 0.15) is 17.2 Å². The van der Waals surface area contributed by atoms with Crippen molar-refractivity contribution < 1.29 is 13.9 Å². The van der Waals surface area contributed by atoms with Crippen molar-refractivity contribution in [2.45, 2.75) is 13.5 Å². The molecule has 30 heavy (non-hydrogen) atoms. The van der Waals surface area contributed by atoms with Gasteiger partial charge in [0.15, 0.2) is 24.0 Å². The number of hydrogen-bond acceptors (Lipinski definition) is 8. The predicted octanol–water partition coefficient (Wildman–Crippen LogP) is 2.39. The lowest BCUT2D eigenvalue weighted by Crippen LogP contribution is -2.16. The van der Waals surface area contributed by atoms with Gasteiger partial charge < -0.3 is 10.5 Å². The van der Waals surface area contributed by atoms with Gasteiger partial charge in [-0.05, 0) is 53.3 Å². The minimum absolute atomic E-state index is 0.0110. The first-order chi connectivity index (χ1) is 14.5. The zero-order valence-electron chi connectivity index (χ0n) is 15.9. The average Bonchev–Trinajstić information content (AvgIpc) is 3.16. The highest BCUT2D eigenvalue weighted by Gasteiger charge is 2.19. The fraction of sp³-hybridized carbons (Fsp3) is 0.100. The molecule has 4 rings (SSSR count). The molecule has 150 valence electrons. The number of hydrogen-bond donors (Lipinski definition) is 1. The Balaban J connectivity index is 1.62. The van der Waals surface area contributed by atoms with E-state index in [4.69, 9.17) is 10.5 Å². The van der Waals surface area contributed by atoms with Gasteiger partial charge in [0.1, 0.15) is 11.6 Å². The molecule has 0 fully saturated rings. The van der Waals surface area contributed by atoms with E-state index < -0.39 is 11.8 Å². The maximum atomic E-state index is 13.6. The summed E-state index contributed by atoms with van der Waals surface area (Å²) in [5.41, 5.74) is 7.07. The largest absolute Gasteiger partial charge is 0.453 e. The zero-order chi connectivity index (χ0) is 21.1. The Morgan fingerprint density at radius 3 is 2.80 bits per heavy atom. The molecule has 9 nitrogen and oxygen atoms in total. The third-order valence-corrected chi connectivity index (χ3v) is 4.23. The van der Waals surface area contributed by atoms with Crippen molar-refractivity contribution in [1.82, 2.24) is 30.2 Å². The first-order valence-electron chi connectivity index (χ1n) is 8.92. The van der Waals surface area contributed by atoms with Crippen LogP contribution < -0.4 is 5.73 Å². The lowest BCUT2D eigenvalue weighted by Gasteiger charge is -2.10. The number of carbonyl (C=O) groups excluding carboxylic acids is 1. The van der Waals surface area contributed by atoms with E-state index in [1.54, 1.807) is 25.1 Å². The second-order valence-electron chi connectivity index (χ2n) is 6.34. The molecule has 0 aliphatic rings. The van der Waals surface area contributed by atoms with Crippen molar-refractivity contribution in [3.8, 4) is 0 Å². The van der Waals surface area contributed by atoms with Crippen LogP contribution in [0.5, 0.6) is 0 Å². The summed E-state index contributed by atoms with van der Waals surface area (Å²) in [6.45, 7) is 1.41. The lowest BCUT2D eigenvalue weighted by atomic mass is 10.2. The number of anilines is 1. The molecule has 0 spiro atoms. The van der Waals surface area contributed by atoms with E-state index in [0.29, 0.717) is 28.1 Å². The number of tetrazole rings is 1. The highest BCUT2D eigenvalue weighted by Crippen LogP contribution is 2.19. The zero-order valence-corrected chi connectivity index (χ0v) is 15.9. The minimum atomic E-state index is -0.731. The Kier molecular flexibility index (Phi) is 5.12. The fourth-order valence-electron chi connectivity index (χ4n) is 2.83. The molecule has 4 aromatic rings. The van der Waals surface area contributed by atoms with Crippen LogP contribution in [-0.2, 0) is 16.1 Å². The summed E-state index contributed by atoms with van der Waals surface area (Å²) < 4.78 is 20.1. The Morgan fingerprint density at radius 2 is 2.03 bits per heavy atom. The summed E-state index contributed by atoms with van der Waals surface area (Å²) in [6.07, 6.45) is 1.43. The SMILES string of the molecule is Cc1nnnn1/C(=C\c1cccc(F)c1)C(=O)OCc1nc(N)c2ccccc2n1. The number of aromatic nitrogens is 6. The standard InChI is InChI=1S/C20H16FN7O2/c1-12-25-26-27-28(12)17(10-13-5-4-6-14(21)9-13)20(29)30-11-18-23-16-8-3-2-7-15(16)19(22)24-18/h2-10H,11H2,1H3,(H2,22,23,24)/b17-10-. The van der Waals surface area contributed by atoms with E-state index in [0.717, 1.165) is 0 Å². The maximum absolute atomic E-state index is 13.6. The summed E-state index contributed by atoms with van der Waals surface area (Å²) in [4.78, 5) is 21.4. The number of fused-ring (bicyclic) bond motifs is 1. The smallest absolute Gasteiger partial charge is 0.357 e. The summed E-state index contributed by atoms with van der Waals surface area (Å²) in [6, 6.07) is 13.0. The molecule has 0 atom stereocenters. The van der Waals surface area contributed by atoms with Gasteiger partial charge in [-0.25, -0.2) is 19.2 Å². The Labute approximate surface area is 170 Å². The highest BCUT2D eigenvalue weighted by atomic mass is 19.1. The van der Waals surface area contributed by atoms with Crippen molar-refractivity contribution in [3.05, 3.63) is 71.6 Å². The number of carbonyl (C=O) groups is 1. The van der Waals surface area contributed by atoms with Crippen LogP contribution in [0.15, 0.2) is 48.5 Å². The van der Waals surface area contributed by atoms with Gasteiger partial charge in [-0.3, -0.25) is 0 Å². The molecular weight excluding hydrogens is 389 g/mol. The van der Waals surface area contributed by atoms with Gasteiger partial charge in [-0.15, -0.1) is 5.10 Å². The monoisotopic (exact) mass is 405 g/mol. The summed E-state index contributed by atoms with van der Waals surface area (Å²) >= 11 is 0. The number of esters is 1. The maximum Gasteiger partial charge on any atom is 0.357 e. The molecule has 0 radical (unpaired) electrons. The van der Waals surface area contributed by atoms with Crippen molar-refractivity contribution in [3.63, 3.8) is 0 Å². The van der Waals surface area contributed by atoms with Crippen LogP contribution in [0, 0.1) is 12.7 Å². The normalized spacial score (nSPS) is 11.6. The van der Waals surface area contributed by atoms with Gasteiger partial charge in [0.25, 0.3) is 0 Å². The summed E-state index contributed by atoms with van der Waals surface area (Å²) in [7, 11) is 0. The first kappa shape index (κ1) is 19.1. The van der Waals surface area contributed by atoms with Crippen molar-refractivity contribution in [2.75, 3.05) is 5.73 Å². The molecule has 0 saturated carbocycles. The summed E-state index contributed by atoms with van der Waals surface area (Å²) in [5, 5.41) is 11.8. The number of rotatable bonds is 5. The molecule has 0 aliphatic carbocycles. The van der Waals surface area contributed by atoms with Gasteiger partial charge in [0.2, 0.25) is 0 Å². The second kappa shape index (κ2) is 8.03. The Bertz CT molecular complexity index is 1270. The highest BCUT2D eigenvalue weighted by molar-refractivity contribution is 6.15. The third kappa shape index (κ3) is 3.97. The van der Waals surface area contributed by atoms with Gasteiger partial charge >= 0.3 is 5.97 Å². The van der Waals surface area contributed by atoms with Crippen molar-refractivity contribution >= 4 is 34.5 Å². The lowest BCUT2D eigenvalue weighted by molar-refractivity contribution is -0.138. The predicted molar refractivity (Wildman–Crippen MR) is 107 cm³/mol. The van der Waals surface area contributed by atoms with E-state index in [-0.39, 0.29) is 18.1 Å². The minimum Gasteiger partial charge on any atom is -0.453 e. The number of para-hydroxylation sites is 1. The molecular formula is C20H16FN7O2. The van der Waals surface area contributed by atoms with E-state index >= 15 is 0 Å². The van der Waals surface area contributed by atoms with Gasteiger partial charge in [0.05, 0.1) is 5.52 Å². The third-order valence-electron chi connectivity index (χ3n) is 4.23. The molecule has 2 heterocycles. The van der Waals surface area contributed by atoms with E-state index in [1.165, 1.54) is 29.0 Å². The molecule has 0 amide bonds. The van der Waals surface area contributed by atoms with Gasteiger partial charge in [-0.1, -0.05) is 24.3 Å². The number of benzene rings is 2. The van der Waals surface area contributed by atoms with Crippen LogP contribution >= 0.6 is 0 Å². The molecule has 0 bridgehead atoms. The van der Waals surface area contributed by atoms with Gasteiger partial charge in [0, 0.05) is 5.39 Å². The fourth-order valence-corrected chi connectivity index (χ4v) is 2.83. The van der Waals surface area contributed by atoms with Crippen LogP contribution in [0.2, 0.25) is 0 Å². The average molecular weight is 405 g/mol. The number of halogens is 1. The number of aryl methyl sites for hydroxylation is 1. The topological polar surface area (TPSA) is 122 Å². The van der Waals surface area contributed by atoms with Crippen LogP contribution in [0.25, 0.3) is 22.7 Å². The quantitative estimate of drug-likeness (QED) is 0.397. The molecule has 0 unspecified atom stereocenters. The molecule has 0 saturated heterocycles. The number of nitrogen functional groups attached to an aromatic ring is 1. The molecule has 2 N–H and O–H groups in total. The van der Waals surface area contributed by atoms with E-state index in [9.17, 15) is 9.18 Å². The Hall–Kier alpha value is -4.21.